The lowest BCUT2D eigenvalue weighted by Crippen LogP contribution is -2.23. The van der Waals surface area contributed by atoms with Gasteiger partial charge in [-0.1, -0.05) is 25.3 Å². The van der Waals surface area contributed by atoms with Gasteiger partial charge in [-0.3, -0.25) is 0 Å². The monoisotopic (exact) mass is 271 g/mol. The quantitative estimate of drug-likeness (QED) is 0.924. The van der Waals surface area contributed by atoms with Gasteiger partial charge >= 0.3 is 0 Å². The third-order valence-corrected chi connectivity index (χ3v) is 3.96. The number of rotatable bonds is 4. The predicted octanol–water partition coefficient (Wildman–Crippen LogP) is 3.52. The second-order valence-electron chi connectivity index (χ2n) is 5.49. The summed E-state index contributed by atoms with van der Waals surface area (Å²) in [5.74, 6) is 0.958. The van der Waals surface area contributed by atoms with E-state index in [0.29, 0.717) is 12.6 Å². The van der Waals surface area contributed by atoms with Crippen LogP contribution in [-0.2, 0) is 11.3 Å². The van der Waals surface area contributed by atoms with Crippen molar-refractivity contribution >= 4 is 16.7 Å². The summed E-state index contributed by atoms with van der Waals surface area (Å²) < 4.78 is 5.21. The van der Waals surface area contributed by atoms with Gasteiger partial charge < -0.3 is 10.1 Å². The molecular formula is C16H21N3O. The van der Waals surface area contributed by atoms with Gasteiger partial charge in [-0.15, -0.1) is 0 Å². The number of aromatic nitrogens is 2. The molecule has 1 aromatic heterocycles. The zero-order chi connectivity index (χ0) is 13.8. The molecular weight excluding hydrogens is 250 g/mol. The van der Waals surface area contributed by atoms with Crippen LogP contribution < -0.4 is 5.32 Å². The number of benzene rings is 1. The topological polar surface area (TPSA) is 47.0 Å². The lowest BCUT2D eigenvalue weighted by molar-refractivity contribution is 0.185. The van der Waals surface area contributed by atoms with E-state index in [2.05, 4.69) is 27.4 Å². The fourth-order valence-electron chi connectivity index (χ4n) is 2.92. The van der Waals surface area contributed by atoms with Gasteiger partial charge in [0.15, 0.2) is 0 Å². The van der Waals surface area contributed by atoms with Crippen molar-refractivity contribution < 1.29 is 4.74 Å². The molecule has 0 atom stereocenters. The zero-order valence-corrected chi connectivity index (χ0v) is 11.9. The van der Waals surface area contributed by atoms with Crippen molar-refractivity contribution in [1.29, 1.82) is 0 Å². The van der Waals surface area contributed by atoms with Gasteiger partial charge in [0.2, 0.25) is 0 Å². The number of nitrogens with one attached hydrogen (secondary N) is 1. The molecule has 4 heteroatoms. The van der Waals surface area contributed by atoms with E-state index in [0.717, 1.165) is 22.3 Å². The standard InChI is InChI=1S/C16H21N3O/c1-20-10-12-7-8-15-14(9-12)16(18-11-17-15)19-13-5-3-2-4-6-13/h7-9,11,13H,2-6,10H2,1H3,(H,17,18,19). The molecule has 1 aromatic carbocycles. The highest BCUT2D eigenvalue weighted by Gasteiger charge is 2.15. The maximum absolute atomic E-state index is 5.21. The van der Waals surface area contributed by atoms with E-state index in [1.807, 2.05) is 6.07 Å². The van der Waals surface area contributed by atoms with Gasteiger partial charge in [0.1, 0.15) is 12.1 Å². The van der Waals surface area contributed by atoms with E-state index in [9.17, 15) is 0 Å². The Kier molecular flexibility index (Phi) is 4.11. The summed E-state index contributed by atoms with van der Waals surface area (Å²) >= 11 is 0. The summed E-state index contributed by atoms with van der Waals surface area (Å²) in [5, 5.41) is 4.69. The maximum Gasteiger partial charge on any atom is 0.137 e. The molecule has 0 bridgehead atoms. The highest BCUT2D eigenvalue weighted by Crippen LogP contribution is 2.25. The number of nitrogens with zero attached hydrogens (tertiary/aromatic N) is 2. The first-order valence-electron chi connectivity index (χ1n) is 7.36. The predicted molar refractivity (Wildman–Crippen MR) is 80.7 cm³/mol. The van der Waals surface area contributed by atoms with E-state index in [-0.39, 0.29) is 0 Å². The van der Waals surface area contributed by atoms with Crippen molar-refractivity contribution in [2.24, 2.45) is 0 Å². The number of ether oxygens (including phenoxy) is 1. The Morgan fingerprint density at radius 2 is 2.05 bits per heavy atom. The molecule has 1 aliphatic carbocycles. The highest BCUT2D eigenvalue weighted by molar-refractivity contribution is 5.89. The SMILES string of the molecule is COCc1ccc2ncnc(NC3CCCCC3)c2c1. The lowest BCUT2D eigenvalue weighted by Gasteiger charge is -2.23. The van der Waals surface area contributed by atoms with Crippen LogP contribution in [0.4, 0.5) is 5.82 Å². The minimum atomic E-state index is 0.549. The van der Waals surface area contributed by atoms with Gasteiger partial charge in [-0.25, -0.2) is 9.97 Å². The summed E-state index contributed by atoms with van der Waals surface area (Å²) in [6.07, 6.45) is 8.11. The molecule has 4 nitrogen and oxygen atoms in total. The number of anilines is 1. The second kappa shape index (κ2) is 6.18. The lowest BCUT2D eigenvalue weighted by atomic mass is 9.95. The molecule has 106 valence electrons. The fraction of sp³-hybridized carbons (Fsp3) is 0.500. The summed E-state index contributed by atoms with van der Waals surface area (Å²) in [7, 11) is 1.72. The molecule has 0 spiro atoms. The zero-order valence-electron chi connectivity index (χ0n) is 11.9. The Morgan fingerprint density at radius 3 is 2.85 bits per heavy atom. The summed E-state index contributed by atoms with van der Waals surface area (Å²) in [6.45, 7) is 0.619. The van der Waals surface area contributed by atoms with E-state index in [4.69, 9.17) is 4.74 Å². The molecule has 20 heavy (non-hydrogen) atoms. The summed E-state index contributed by atoms with van der Waals surface area (Å²) in [5.41, 5.74) is 2.14. The highest BCUT2D eigenvalue weighted by atomic mass is 16.5. The molecule has 0 unspecified atom stereocenters. The van der Waals surface area contributed by atoms with Crippen molar-refractivity contribution in [3.8, 4) is 0 Å². The van der Waals surface area contributed by atoms with Crippen LogP contribution in [0.2, 0.25) is 0 Å². The smallest absolute Gasteiger partial charge is 0.137 e. The van der Waals surface area contributed by atoms with E-state index in [1.165, 1.54) is 32.1 Å². The fourth-order valence-corrected chi connectivity index (χ4v) is 2.92. The molecule has 1 N–H and O–H groups in total. The summed E-state index contributed by atoms with van der Waals surface area (Å²) in [4.78, 5) is 8.78. The van der Waals surface area contributed by atoms with Crippen LogP contribution in [0.15, 0.2) is 24.5 Å². The molecule has 0 amide bonds. The molecule has 0 radical (unpaired) electrons. The van der Waals surface area contributed by atoms with Gasteiger partial charge in [-0.05, 0) is 30.5 Å². The Labute approximate surface area is 119 Å². The molecule has 3 rings (SSSR count). The number of hydrogen-bond acceptors (Lipinski definition) is 4. The summed E-state index contributed by atoms with van der Waals surface area (Å²) in [6, 6.07) is 6.78. The molecule has 0 saturated heterocycles. The second-order valence-corrected chi connectivity index (χ2v) is 5.49. The van der Waals surface area contributed by atoms with Gasteiger partial charge in [-0.2, -0.15) is 0 Å². The van der Waals surface area contributed by atoms with Gasteiger partial charge in [0.25, 0.3) is 0 Å². The molecule has 1 fully saturated rings. The largest absolute Gasteiger partial charge is 0.380 e. The van der Waals surface area contributed by atoms with Crippen molar-refractivity contribution in [2.45, 2.75) is 44.8 Å². The van der Waals surface area contributed by atoms with Crippen LogP contribution in [0.5, 0.6) is 0 Å². The van der Waals surface area contributed by atoms with E-state index < -0.39 is 0 Å². The minimum Gasteiger partial charge on any atom is -0.380 e. The van der Waals surface area contributed by atoms with Crippen LogP contribution in [0.25, 0.3) is 10.9 Å². The first kappa shape index (κ1) is 13.3. The molecule has 0 aliphatic heterocycles. The third kappa shape index (κ3) is 2.90. The van der Waals surface area contributed by atoms with E-state index in [1.54, 1.807) is 13.4 Å². The van der Waals surface area contributed by atoms with Crippen molar-refractivity contribution in [3.05, 3.63) is 30.1 Å². The molecule has 1 aliphatic rings. The first-order chi connectivity index (χ1) is 9.86. The third-order valence-electron chi connectivity index (χ3n) is 3.96. The van der Waals surface area contributed by atoms with E-state index >= 15 is 0 Å². The molecule has 2 aromatic rings. The van der Waals surface area contributed by atoms with Crippen molar-refractivity contribution in [3.63, 3.8) is 0 Å². The van der Waals surface area contributed by atoms with Gasteiger partial charge in [0, 0.05) is 18.5 Å². The van der Waals surface area contributed by atoms with Crippen LogP contribution in [0.1, 0.15) is 37.7 Å². The maximum atomic E-state index is 5.21. The molecule has 1 saturated carbocycles. The Balaban J connectivity index is 1.90. The van der Waals surface area contributed by atoms with Crippen LogP contribution >= 0.6 is 0 Å². The Morgan fingerprint density at radius 1 is 1.20 bits per heavy atom. The average molecular weight is 271 g/mol. The van der Waals surface area contributed by atoms with Gasteiger partial charge in [0.05, 0.1) is 12.1 Å². The number of fused-ring (bicyclic) bond motifs is 1. The van der Waals surface area contributed by atoms with Crippen LogP contribution in [-0.4, -0.2) is 23.1 Å². The Bertz CT molecular complexity index is 579. The first-order valence-corrected chi connectivity index (χ1v) is 7.36. The Hall–Kier alpha value is -1.68. The van der Waals surface area contributed by atoms with Crippen molar-refractivity contribution in [1.82, 2.24) is 9.97 Å². The average Bonchev–Trinajstić information content (AvgIpc) is 2.49. The molecule has 1 heterocycles. The van der Waals surface area contributed by atoms with Crippen LogP contribution in [0, 0.1) is 0 Å². The van der Waals surface area contributed by atoms with Crippen molar-refractivity contribution in [2.75, 3.05) is 12.4 Å². The number of hydrogen-bond donors (Lipinski definition) is 1. The number of methoxy groups -OCH3 is 1. The van der Waals surface area contributed by atoms with Crippen LogP contribution in [0.3, 0.4) is 0 Å². The normalized spacial score (nSPS) is 16.4. The minimum absolute atomic E-state index is 0.549.